The molecule has 0 bridgehead atoms. The molecule has 0 spiro atoms. The molecule has 192 valence electrons. The van der Waals surface area contributed by atoms with Gasteiger partial charge in [-0.05, 0) is 57.5 Å². The molecule has 2 aromatic carbocycles. The van der Waals surface area contributed by atoms with Crippen LogP contribution in [0.5, 0.6) is 5.75 Å². The van der Waals surface area contributed by atoms with Crippen LogP contribution in [0.4, 0.5) is 5.69 Å². The topological polar surface area (TPSA) is 102 Å². The van der Waals surface area contributed by atoms with Gasteiger partial charge in [-0.25, -0.2) is 4.68 Å². The Labute approximate surface area is 216 Å². The Hall–Kier alpha value is -4.27. The summed E-state index contributed by atoms with van der Waals surface area (Å²) >= 11 is 0. The molecule has 0 fully saturated rings. The molecule has 0 saturated carbocycles. The van der Waals surface area contributed by atoms with Crippen LogP contribution in [-0.4, -0.2) is 43.9 Å². The van der Waals surface area contributed by atoms with Crippen molar-refractivity contribution in [2.24, 2.45) is 0 Å². The molecular weight excluding hydrogens is 468 g/mol. The highest BCUT2D eigenvalue weighted by Gasteiger charge is 2.35. The summed E-state index contributed by atoms with van der Waals surface area (Å²) in [5, 5.41) is 11.5. The third kappa shape index (κ3) is 5.94. The van der Waals surface area contributed by atoms with Gasteiger partial charge in [-0.2, -0.15) is 0 Å². The molecule has 0 saturated heterocycles. The first kappa shape index (κ1) is 25.8. The molecular formula is C28H32N6O3. The lowest BCUT2D eigenvalue weighted by Crippen LogP contribution is -2.51. The zero-order valence-electron chi connectivity index (χ0n) is 21.6. The van der Waals surface area contributed by atoms with Crippen molar-refractivity contribution in [3.05, 3.63) is 78.6 Å². The van der Waals surface area contributed by atoms with E-state index in [1.807, 2.05) is 58.0 Å². The Kier molecular flexibility index (Phi) is 7.81. The van der Waals surface area contributed by atoms with Gasteiger partial charge in [0.1, 0.15) is 23.9 Å². The number of fused-ring (bicyclic) bond motifs is 1. The van der Waals surface area contributed by atoms with E-state index in [1.165, 1.54) is 4.90 Å². The second-order valence-electron chi connectivity index (χ2n) is 9.35. The van der Waals surface area contributed by atoms with Crippen molar-refractivity contribution in [1.82, 2.24) is 25.3 Å². The van der Waals surface area contributed by atoms with Crippen LogP contribution in [0.1, 0.15) is 45.7 Å². The summed E-state index contributed by atoms with van der Waals surface area (Å²) in [5.41, 5.74) is 2.06. The van der Waals surface area contributed by atoms with Crippen LogP contribution in [0.25, 0.3) is 11.0 Å². The summed E-state index contributed by atoms with van der Waals surface area (Å²) in [6, 6.07) is 17.2. The van der Waals surface area contributed by atoms with Gasteiger partial charge in [-0.1, -0.05) is 36.4 Å². The van der Waals surface area contributed by atoms with Gasteiger partial charge in [-0.15, -0.1) is 5.10 Å². The summed E-state index contributed by atoms with van der Waals surface area (Å²) in [7, 11) is 0. The number of rotatable bonds is 10. The fourth-order valence-corrected chi connectivity index (χ4v) is 4.01. The maximum Gasteiger partial charge on any atom is 0.249 e. The van der Waals surface area contributed by atoms with E-state index in [0.717, 1.165) is 11.9 Å². The predicted molar refractivity (Wildman–Crippen MR) is 142 cm³/mol. The van der Waals surface area contributed by atoms with Gasteiger partial charge < -0.3 is 10.1 Å². The van der Waals surface area contributed by atoms with Crippen molar-refractivity contribution in [3.8, 4) is 5.75 Å². The maximum atomic E-state index is 14.1. The van der Waals surface area contributed by atoms with E-state index in [0.29, 0.717) is 29.1 Å². The third-order valence-electron chi connectivity index (χ3n) is 6.23. The van der Waals surface area contributed by atoms with E-state index in [-0.39, 0.29) is 18.4 Å². The molecule has 0 radical (unpaired) electrons. The van der Waals surface area contributed by atoms with E-state index in [1.54, 1.807) is 47.4 Å². The van der Waals surface area contributed by atoms with Crippen LogP contribution in [0.15, 0.2) is 73.1 Å². The molecule has 9 heteroatoms. The average molecular weight is 501 g/mol. The molecule has 0 aliphatic heterocycles. The highest BCUT2D eigenvalue weighted by Crippen LogP contribution is 2.31. The van der Waals surface area contributed by atoms with Crippen LogP contribution < -0.4 is 15.0 Å². The number of aromatic nitrogens is 4. The molecule has 2 amide bonds. The number of hydrogen-bond donors (Lipinski definition) is 1. The van der Waals surface area contributed by atoms with Crippen molar-refractivity contribution in [3.63, 3.8) is 0 Å². The lowest BCUT2D eigenvalue weighted by Gasteiger charge is -2.34. The summed E-state index contributed by atoms with van der Waals surface area (Å²) in [6.45, 7) is 8.16. The molecule has 2 heterocycles. The van der Waals surface area contributed by atoms with Gasteiger partial charge in [0.05, 0.1) is 12.1 Å². The summed E-state index contributed by atoms with van der Waals surface area (Å²) in [5.74, 6) is -0.0377. The van der Waals surface area contributed by atoms with Crippen molar-refractivity contribution in [2.45, 2.75) is 52.2 Å². The molecule has 0 aliphatic carbocycles. The second kappa shape index (κ2) is 11.2. The molecule has 4 aromatic rings. The molecule has 2 aromatic heterocycles. The van der Waals surface area contributed by atoms with Crippen molar-refractivity contribution in [2.75, 3.05) is 11.5 Å². The van der Waals surface area contributed by atoms with Crippen LogP contribution in [0, 0.1) is 0 Å². The van der Waals surface area contributed by atoms with Gasteiger partial charge >= 0.3 is 0 Å². The molecule has 1 unspecified atom stereocenters. The first-order chi connectivity index (χ1) is 17.8. The largest absolute Gasteiger partial charge is 0.494 e. The molecule has 9 nitrogen and oxygen atoms in total. The van der Waals surface area contributed by atoms with E-state index in [4.69, 9.17) is 4.74 Å². The van der Waals surface area contributed by atoms with Gasteiger partial charge in [-0.3, -0.25) is 19.5 Å². The van der Waals surface area contributed by atoms with Gasteiger partial charge in [0, 0.05) is 35.2 Å². The Bertz CT molecular complexity index is 1370. The molecule has 1 N–H and O–H groups in total. The van der Waals surface area contributed by atoms with Crippen LogP contribution in [0.3, 0.4) is 0 Å². The van der Waals surface area contributed by atoms with Gasteiger partial charge in [0.25, 0.3) is 0 Å². The summed E-state index contributed by atoms with van der Waals surface area (Å²) < 4.78 is 7.25. The lowest BCUT2D eigenvalue weighted by molar-refractivity contribution is -0.128. The number of ether oxygens (including phenoxy) is 1. The average Bonchev–Trinajstić information content (AvgIpc) is 3.30. The van der Waals surface area contributed by atoms with Crippen molar-refractivity contribution in [1.29, 1.82) is 0 Å². The number of para-hydroxylation sites is 1. The number of hydrogen-bond acceptors (Lipinski definition) is 6. The van der Waals surface area contributed by atoms with E-state index >= 15 is 0 Å². The zero-order chi connectivity index (χ0) is 26.4. The number of pyridine rings is 1. The number of carbonyl (C=O) groups is 2. The van der Waals surface area contributed by atoms with Crippen molar-refractivity contribution < 1.29 is 14.3 Å². The molecule has 0 aliphatic rings. The van der Waals surface area contributed by atoms with Gasteiger partial charge in [0.15, 0.2) is 0 Å². The SMILES string of the molecule is CCOc1cccc(N(C(=O)Cn2nnc3ccccc32)C(C(=O)NC(C)(C)CC)c2cccnc2)c1. The fourth-order valence-electron chi connectivity index (χ4n) is 4.01. The minimum Gasteiger partial charge on any atom is -0.494 e. The number of amides is 2. The first-order valence-electron chi connectivity index (χ1n) is 12.4. The Balaban J connectivity index is 1.82. The second-order valence-corrected chi connectivity index (χ2v) is 9.35. The number of carbonyl (C=O) groups excluding carboxylic acids is 2. The Morgan fingerprint density at radius 2 is 1.89 bits per heavy atom. The summed E-state index contributed by atoms with van der Waals surface area (Å²) in [4.78, 5) is 33.7. The quantitative estimate of drug-likeness (QED) is 0.348. The van der Waals surface area contributed by atoms with Crippen LogP contribution in [-0.2, 0) is 16.1 Å². The van der Waals surface area contributed by atoms with E-state index < -0.39 is 11.6 Å². The smallest absolute Gasteiger partial charge is 0.249 e. The third-order valence-corrected chi connectivity index (χ3v) is 6.23. The van der Waals surface area contributed by atoms with Gasteiger partial charge in [0.2, 0.25) is 11.8 Å². The lowest BCUT2D eigenvalue weighted by atomic mass is 9.99. The highest BCUT2D eigenvalue weighted by molar-refractivity contribution is 6.01. The summed E-state index contributed by atoms with van der Waals surface area (Å²) in [6.07, 6.45) is 3.97. The van der Waals surface area contributed by atoms with E-state index in [9.17, 15) is 9.59 Å². The zero-order valence-corrected chi connectivity index (χ0v) is 21.6. The minimum absolute atomic E-state index is 0.111. The number of benzene rings is 2. The Morgan fingerprint density at radius 3 is 2.62 bits per heavy atom. The fraction of sp³-hybridized carbons (Fsp3) is 0.321. The molecule has 4 rings (SSSR count). The standard InChI is InChI=1S/C28H32N6O3/c1-5-28(3,4)30-27(36)26(20-11-10-16-29-18-20)34(21-12-9-13-22(17-21)37-6-2)25(35)19-33-24-15-8-7-14-23(24)31-32-33/h7-18,26H,5-6,19H2,1-4H3,(H,30,36). The normalized spacial score (nSPS) is 12.2. The predicted octanol–water partition coefficient (Wildman–Crippen LogP) is 4.30. The van der Waals surface area contributed by atoms with E-state index in [2.05, 4.69) is 20.6 Å². The highest BCUT2D eigenvalue weighted by atomic mass is 16.5. The Morgan fingerprint density at radius 1 is 1.08 bits per heavy atom. The first-order valence-corrected chi connectivity index (χ1v) is 12.4. The van der Waals surface area contributed by atoms with Crippen LogP contribution in [0.2, 0.25) is 0 Å². The maximum absolute atomic E-state index is 14.1. The van der Waals surface area contributed by atoms with Crippen molar-refractivity contribution >= 4 is 28.5 Å². The van der Waals surface area contributed by atoms with Crippen LogP contribution >= 0.6 is 0 Å². The number of anilines is 1. The number of nitrogens with one attached hydrogen (secondary N) is 1. The molecule has 1 atom stereocenters. The molecule has 37 heavy (non-hydrogen) atoms. The number of nitrogens with zero attached hydrogens (tertiary/aromatic N) is 5. The monoisotopic (exact) mass is 500 g/mol. The minimum atomic E-state index is -0.973.